The first-order valence-electron chi connectivity index (χ1n) is 9.47. The van der Waals surface area contributed by atoms with E-state index in [4.69, 9.17) is 4.74 Å². The SMILES string of the molecule is CCOC(=O)C1=C(CC)NC2=C(C(=O)CC(C)(C)C2)[C@@H]1c1ccccc1I. The lowest BCUT2D eigenvalue weighted by atomic mass is 9.68. The summed E-state index contributed by atoms with van der Waals surface area (Å²) in [6.07, 6.45) is 1.97. The number of hydrogen-bond acceptors (Lipinski definition) is 4. The van der Waals surface area contributed by atoms with Crippen molar-refractivity contribution >= 4 is 34.3 Å². The van der Waals surface area contributed by atoms with Crippen LogP contribution < -0.4 is 5.32 Å². The summed E-state index contributed by atoms with van der Waals surface area (Å²) in [4.78, 5) is 26.1. The lowest BCUT2D eigenvalue weighted by molar-refractivity contribution is -0.138. The molecule has 5 heteroatoms. The van der Waals surface area contributed by atoms with Gasteiger partial charge in [0, 0.05) is 32.9 Å². The quantitative estimate of drug-likeness (QED) is 0.496. The van der Waals surface area contributed by atoms with Crippen molar-refractivity contribution in [2.75, 3.05) is 6.61 Å². The molecule has 0 fully saturated rings. The van der Waals surface area contributed by atoms with Gasteiger partial charge in [0.2, 0.25) is 0 Å². The van der Waals surface area contributed by atoms with Gasteiger partial charge < -0.3 is 10.1 Å². The van der Waals surface area contributed by atoms with Crippen LogP contribution in [0.2, 0.25) is 0 Å². The smallest absolute Gasteiger partial charge is 0.336 e. The molecule has 0 amide bonds. The molecular formula is C22H26INO3. The van der Waals surface area contributed by atoms with E-state index in [0.29, 0.717) is 25.0 Å². The molecule has 0 saturated heterocycles. The van der Waals surface area contributed by atoms with Crippen LogP contribution in [-0.4, -0.2) is 18.4 Å². The fraction of sp³-hybridized carbons (Fsp3) is 0.455. The largest absolute Gasteiger partial charge is 0.463 e. The minimum atomic E-state index is -0.369. The van der Waals surface area contributed by atoms with Crippen molar-refractivity contribution in [3.8, 4) is 0 Å². The van der Waals surface area contributed by atoms with Crippen LogP contribution in [0.4, 0.5) is 0 Å². The van der Waals surface area contributed by atoms with Gasteiger partial charge >= 0.3 is 5.97 Å². The van der Waals surface area contributed by atoms with Crippen LogP contribution >= 0.6 is 22.6 Å². The summed E-state index contributed by atoms with van der Waals surface area (Å²) < 4.78 is 6.43. The topological polar surface area (TPSA) is 55.4 Å². The second kappa shape index (κ2) is 7.78. The average Bonchev–Trinajstić information content (AvgIpc) is 2.59. The summed E-state index contributed by atoms with van der Waals surface area (Å²) in [5.41, 5.74) is 4.05. The zero-order valence-electron chi connectivity index (χ0n) is 16.3. The number of ketones is 1. The number of dihydropyridines is 1. The van der Waals surface area contributed by atoms with Crippen LogP contribution in [0.3, 0.4) is 0 Å². The fourth-order valence-electron chi connectivity index (χ4n) is 4.10. The van der Waals surface area contributed by atoms with Crippen molar-refractivity contribution in [2.45, 2.75) is 52.9 Å². The first-order chi connectivity index (χ1) is 12.8. The third-order valence-corrected chi connectivity index (χ3v) is 6.17. The molecule has 1 aromatic rings. The molecule has 0 radical (unpaired) electrons. The van der Waals surface area contributed by atoms with E-state index in [1.54, 1.807) is 6.92 Å². The Balaban J connectivity index is 2.24. The third-order valence-electron chi connectivity index (χ3n) is 5.19. The van der Waals surface area contributed by atoms with Gasteiger partial charge in [0.15, 0.2) is 5.78 Å². The van der Waals surface area contributed by atoms with E-state index in [1.165, 1.54) is 0 Å². The van der Waals surface area contributed by atoms with Crippen molar-refractivity contribution in [3.05, 3.63) is 55.9 Å². The number of benzene rings is 1. The van der Waals surface area contributed by atoms with Gasteiger partial charge in [0.1, 0.15) is 0 Å². The molecule has 4 nitrogen and oxygen atoms in total. The van der Waals surface area contributed by atoms with E-state index in [9.17, 15) is 9.59 Å². The highest BCUT2D eigenvalue weighted by atomic mass is 127. The Morgan fingerprint density at radius 2 is 1.96 bits per heavy atom. The molecule has 0 bridgehead atoms. The van der Waals surface area contributed by atoms with E-state index in [0.717, 1.165) is 32.5 Å². The molecular weight excluding hydrogens is 453 g/mol. The van der Waals surface area contributed by atoms with Gasteiger partial charge in [0.25, 0.3) is 0 Å². The number of rotatable bonds is 4. The number of carbonyl (C=O) groups is 2. The van der Waals surface area contributed by atoms with E-state index >= 15 is 0 Å². The molecule has 2 aliphatic rings. The predicted octanol–water partition coefficient (Wildman–Crippen LogP) is 4.85. The minimum Gasteiger partial charge on any atom is -0.463 e. The molecule has 1 atom stereocenters. The zero-order valence-corrected chi connectivity index (χ0v) is 18.5. The van der Waals surface area contributed by atoms with Crippen molar-refractivity contribution < 1.29 is 14.3 Å². The molecule has 0 saturated carbocycles. The molecule has 144 valence electrons. The number of halogens is 1. The molecule has 0 spiro atoms. The molecule has 1 N–H and O–H groups in total. The number of allylic oxidation sites excluding steroid dienone is 3. The van der Waals surface area contributed by atoms with Gasteiger partial charge in [-0.25, -0.2) is 4.79 Å². The Hall–Kier alpha value is -1.63. The lowest BCUT2D eigenvalue weighted by Gasteiger charge is -2.40. The Morgan fingerprint density at radius 1 is 1.26 bits per heavy atom. The second-order valence-corrected chi connectivity index (χ2v) is 9.04. The molecule has 0 aromatic heterocycles. The van der Waals surface area contributed by atoms with Crippen molar-refractivity contribution in [1.82, 2.24) is 5.32 Å². The van der Waals surface area contributed by atoms with Gasteiger partial charge in [-0.3, -0.25) is 4.79 Å². The van der Waals surface area contributed by atoms with Crippen LogP contribution in [-0.2, 0) is 14.3 Å². The Labute approximate surface area is 174 Å². The van der Waals surface area contributed by atoms with Gasteiger partial charge in [-0.2, -0.15) is 0 Å². The number of carbonyl (C=O) groups excluding carboxylic acids is 2. The summed E-state index contributed by atoms with van der Waals surface area (Å²) in [6, 6.07) is 7.97. The maximum atomic E-state index is 13.2. The van der Waals surface area contributed by atoms with Crippen LogP contribution in [0.15, 0.2) is 46.8 Å². The first kappa shape index (κ1) is 20.1. The van der Waals surface area contributed by atoms with Crippen LogP contribution in [0.25, 0.3) is 0 Å². The third kappa shape index (κ3) is 3.84. The van der Waals surface area contributed by atoms with Gasteiger partial charge in [-0.15, -0.1) is 0 Å². The van der Waals surface area contributed by atoms with E-state index in [2.05, 4.69) is 41.8 Å². The van der Waals surface area contributed by atoms with Crippen LogP contribution in [0.1, 0.15) is 58.4 Å². The number of Topliss-reactive ketones (excluding diaryl/α,β-unsaturated/α-hetero) is 1. The number of ether oxygens (including phenoxy) is 1. The standard InChI is InChI=1S/C22H26INO3/c1-5-15-20(21(26)27-6-2)18(13-9-7-8-10-14(13)23)19-16(24-15)11-22(3,4)12-17(19)25/h7-10,18,24H,5-6,11-12H2,1-4H3/t18-/m0/s1. The summed E-state index contributed by atoms with van der Waals surface area (Å²) in [5.74, 6) is -0.585. The van der Waals surface area contributed by atoms with Gasteiger partial charge in [-0.05, 0) is 59.4 Å². The molecule has 1 aliphatic heterocycles. The maximum absolute atomic E-state index is 13.2. The molecule has 0 unspecified atom stereocenters. The predicted molar refractivity (Wildman–Crippen MR) is 114 cm³/mol. The second-order valence-electron chi connectivity index (χ2n) is 7.88. The summed E-state index contributed by atoms with van der Waals surface area (Å²) in [7, 11) is 0. The molecule has 1 aromatic carbocycles. The van der Waals surface area contributed by atoms with Crippen LogP contribution in [0.5, 0.6) is 0 Å². The van der Waals surface area contributed by atoms with Gasteiger partial charge in [-0.1, -0.05) is 39.0 Å². The Kier molecular flexibility index (Phi) is 5.79. The highest BCUT2D eigenvalue weighted by Gasteiger charge is 2.43. The van der Waals surface area contributed by atoms with E-state index < -0.39 is 0 Å². The average molecular weight is 479 g/mol. The highest BCUT2D eigenvalue weighted by molar-refractivity contribution is 14.1. The fourth-order valence-corrected chi connectivity index (χ4v) is 4.80. The van der Waals surface area contributed by atoms with Gasteiger partial charge in [0.05, 0.1) is 12.2 Å². The monoisotopic (exact) mass is 479 g/mol. The van der Waals surface area contributed by atoms with Crippen molar-refractivity contribution in [3.63, 3.8) is 0 Å². The van der Waals surface area contributed by atoms with Crippen molar-refractivity contribution in [1.29, 1.82) is 0 Å². The number of nitrogens with one attached hydrogen (secondary N) is 1. The Bertz CT molecular complexity index is 851. The van der Waals surface area contributed by atoms with Crippen LogP contribution in [0, 0.1) is 8.99 Å². The molecule has 3 rings (SSSR count). The number of esters is 1. The normalized spacial score (nSPS) is 21.7. The minimum absolute atomic E-state index is 0.0857. The molecule has 1 aliphatic carbocycles. The molecule has 27 heavy (non-hydrogen) atoms. The molecule has 1 heterocycles. The van der Waals surface area contributed by atoms with E-state index in [1.807, 2.05) is 31.2 Å². The maximum Gasteiger partial charge on any atom is 0.336 e. The summed E-state index contributed by atoms with van der Waals surface area (Å²) in [6.45, 7) is 8.38. The Morgan fingerprint density at radius 3 is 2.59 bits per heavy atom. The first-order valence-corrected chi connectivity index (χ1v) is 10.5. The van der Waals surface area contributed by atoms with E-state index in [-0.39, 0.29) is 23.1 Å². The van der Waals surface area contributed by atoms with Crippen molar-refractivity contribution in [2.24, 2.45) is 5.41 Å². The highest BCUT2D eigenvalue weighted by Crippen LogP contribution is 2.47. The lowest BCUT2D eigenvalue weighted by Crippen LogP contribution is -2.39. The number of hydrogen-bond donors (Lipinski definition) is 1. The summed E-state index contributed by atoms with van der Waals surface area (Å²) >= 11 is 2.29. The summed E-state index contributed by atoms with van der Waals surface area (Å²) in [5, 5.41) is 3.43. The zero-order chi connectivity index (χ0) is 19.8.